The molecule has 4 saturated carbocycles. The Bertz CT molecular complexity index is 203. The first kappa shape index (κ1) is 10.4. The molecule has 0 aromatic rings. The van der Waals surface area contributed by atoms with Crippen molar-refractivity contribution in [2.45, 2.75) is 43.8 Å². The van der Waals surface area contributed by atoms with E-state index in [9.17, 15) is 10.2 Å². The number of aliphatic hydroxyl groups is 2. The molecule has 0 aromatic heterocycles. The van der Waals surface area contributed by atoms with Crippen LogP contribution in [0.5, 0.6) is 0 Å². The Morgan fingerprint density at radius 3 is 2.00 bits per heavy atom. The molecular weight excluding hydrogens is 175 g/mol. The van der Waals surface area contributed by atoms with Crippen molar-refractivity contribution in [1.82, 2.24) is 0 Å². The molecule has 3 heteroatoms. The van der Waals surface area contributed by atoms with E-state index < -0.39 is 0 Å². The zero-order valence-electron chi connectivity index (χ0n) is 8.24. The average molecular weight is 191 g/mol. The van der Waals surface area contributed by atoms with Crippen molar-refractivity contribution in [3.63, 3.8) is 0 Å². The maximum atomic E-state index is 10.1. The van der Waals surface area contributed by atoms with Crippen LogP contribution in [0.1, 0.15) is 32.1 Å². The summed E-state index contributed by atoms with van der Waals surface area (Å²) in [6.45, 7) is 0. The van der Waals surface area contributed by atoms with E-state index in [1.807, 2.05) is 0 Å². The van der Waals surface area contributed by atoms with Crippen molar-refractivity contribution in [3.8, 4) is 0 Å². The zero-order valence-corrected chi connectivity index (χ0v) is 10.2. The predicted octanol–water partition coefficient (Wildman–Crippen LogP) is 0.537. The van der Waals surface area contributed by atoms with Gasteiger partial charge in [0.25, 0.3) is 0 Å². The minimum atomic E-state index is -0.379. The molecule has 0 heterocycles. The number of hydrogen-bond donors (Lipinski definition) is 2. The van der Waals surface area contributed by atoms with Crippen LogP contribution in [0.25, 0.3) is 0 Å². The molecule has 2 atom stereocenters. The molecule has 0 spiro atoms. The molecule has 2 nitrogen and oxygen atoms in total. The summed E-state index contributed by atoms with van der Waals surface area (Å²) in [5, 5.41) is 19.9. The summed E-state index contributed by atoms with van der Waals surface area (Å²) in [7, 11) is 0. The molecule has 2 N–H and O–H groups in total. The van der Waals surface area contributed by atoms with Gasteiger partial charge in [-0.3, -0.25) is 0 Å². The normalized spacial score (nSPS) is 57.7. The van der Waals surface area contributed by atoms with Crippen LogP contribution in [0.4, 0.5) is 0 Å². The summed E-state index contributed by atoms with van der Waals surface area (Å²) < 4.78 is 0. The first-order valence-corrected chi connectivity index (χ1v) is 5.07. The van der Waals surface area contributed by atoms with Gasteiger partial charge in [0.15, 0.2) is 0 Å². The van der Waals surface area contributed by atoms with Crippen LogP contribution in [0.3, 0.4) is 0 Å². The molecule has 4 aliphatic rings. The van der Waals surface area contributed by atoms with Crippen molar-refractivity contribution in [2.24, 2.45) is 17.8 Å². The molecule has 13 heavy (non-hydrogen) atoms. The Morgan fingerprint density at radius 2 is 1.54 bits per heavy atom. The Labute approximate surface area is 101 Å². The molecule has 4 bridgehead atoms. The van der Waals surface area contributed by atoms with Crippen LogP contribution in [0, 0.1) is 17.8 Å². The fraction of sp³-hybridized carbons (Fsp3) is 1.00. The van der Waals surface area contributed by atoms with Gasteiger partial charge in [-0.2, -0.15) is 0 Å². The molecule has 0 aromatic carbocycles. The van der Waals surface area contributed by atoms with Crippen molar-refractivity contribution < 1.29 is 10.2 Å². The van der Waals surface area contributed by atoms with E-state index in [0.29, 0.717) is 11.8 Å². The van der Waals surface area contributed by atoms with E-state index in [1.54, 1.807) is 0 Å². The van der Waals surface area contributed by atoms with E-state index in [1.165, 1.54) is 12.8 Å². The van der Waals surface area contributed by atoms with Crippen LogP contribution in [-0.2, 0) is 0 Å². The quantitative estimate of drug-likeness (QED) is 0.548. The van der Waals surface area contributed by atoms with Gasteiger partial charge in [0.2, 0.25) is 0 Å². The third-order valence-corrected chi connectivity index (χ3v) is 4.19. The first-order chi connectivity index (χ1) is 5.66. The van der Waals surface area contributed by atoms with E-state index in [-0.39, 0.29) is 41.3 Å². The molecule has 0 amide bonds. The smallest absolute Gasteiger partial charge is 0.0657 e. The van der Waals surface area contributed by atoms with Crippen LogP contribution >= 0.6 is 0 Å². The molecule has 4 fully saturated rings. The Balaban J connectivity index is 0.000000653. The van der Waals surface area contributed by atoms with Crippen LogP contribution < -0.4 is 0 Å². The first-order valence-electron chi connectivity index (χ1n) is 5.07. The van der Waals surface area contributed by atoms with Crippen molar-refractivity contribution in [3.05, 3.63) is 0 Å². The van der Waals surface area contributed by atoms with Gasteiger partial charge in [0, 0.05) is 29.6 Å². The minimum absolute atomic E-state index is 0. The second-order valence-electron chi connectivity index (χ2n) is 5.18. The molecule has 2 unspecified atom stereocenters. The minimum Gasteiger partial charge on any atom is -0.393 e. The summed E-state index contributed by atoms with van der Waals surface area (Å²) >= 11 is 0. The fourth-order valence-corrected chi connectivity index (χ4v) is 3.95. The van der Waals surface area contributed by atoms with Crippen LogP contribution in [0.2, 0.25) is 0 Å². The van der Waals surface area contributed by atoms with E-state index in [4.69, 9.17) is 0 Å². The monoisotopic (exact) mass is 191 g/mol. The Hall–Kier alpha value is 0.920. The van der Waals surface area contributed by atoms with Gasteiger partial charge in [-0.05, 0) is 49.9 Å². The maximum absolute atomic E-state index is 10.1. The molecule has 1 radical (unpaired) electrons. The zero-order chi connectivity index (χ0) is 8.34. The van der Waals surface area contributed by atoms with Gasteiger partial charge >= 0.3 is 0 Å². The van der Waals surface area contributed by atoms with Crippen LogP contribution in [-0.4, -0.2) is 51.5 Å². The van der Waals surface area contributed by atoms with Crippen molar-refractivity contribution >= 4 is 29.6 Å². The van der Waals surface area contributed by atoms with Gasteiger partial charge < -0.3 is 10.2 Å². The van der Waals surface area contributed by atoms with Gasteiger partial charge in [-0.1, -0.05) is 0 Å². The van der Waals surface area contributed by atoms with E-state index in [0.717, 1.165) is 25.2 Å². The van der Waals surface area contributed by atoms with Gasteiger partial charge in [0.05, 0.1) is 11.7 Å². The summed E-state index contributed by atoms with van der Waals surface area (Å²) in [6, 6.07) is 0. The second kappa shape index (κ2) is 3.21. The van der Waals surface area contributed by atoms with Gasteiger partial charge in [0.1, 0.15) is 0 Å². The standard InChI is InChI=1S/C10H16O2.Na/c11-9-7-1-6-2-8(9)5-10(12,3-6)4-7;/h6-9,11-12H,1-5H2;. The van der Waals surface area contributed by atoms with E-state index >= 15 is 0 Å². The summed E-state index contributed by atoms with van der Waals surface area (Å²) in [5.74, 6) is 1.55. The van der Waals surface area contributed by atoms with Crippen LogP contribution in [0.15, 0.2) is 0 Å². The van der Waals surface area contributed by atoms with E-state index in [2.05, 4.69) is 0 Å². The summed E-state index contributed by atoms with van der Waals surface area (Å²) in [6.07, 6.45) is 4.97. The summed E-state index contributed by atoms with van der Waals surface area (Å²) in [5.41, 5.74) is -0.379. The molecule has 0 saturated heterocycles. The van der Waals surface area contributed by atoms with Gasteiger partial charge in [-0.25, -0.2) is 0 Å². The molecular formula is C10H16NaO2. The molecule has 0 aliphatic heterocycles. The second-order valence-corrected chi connectivity index (χ2v) is 5.18. The average Bonchev–Trinajstić information content (AvgIpc) is 1.96. The summed E-state index contributed by atoms with van der Waals surface area (Å²) in [4.78, 5) is 0. The number of rotatable bonds is 0. The van der Waals surface area contributed by atoms with Gasteiger partial charge in [-0.15, -0.1) is 0 Å². The third-order valence-electron chi connectivity index (χ3n) is 4.19. The SMILES string of the molecule is OC1C2CC3CC1CC(O)(C3)C2.[Na]. The van der Waals surface area contributed by atoms with Crippen molar-refractivity contribution in [1.29, 1.82) is 0 Å². The largest absolute Gasteiger partial charge is 0.393 e. The Kier molecular flexibility index (Phi) is 2.58. The predicted molar refractivity (Wildman–Crippen MR) is 50.3 cm³/mol. The number of aliphatic hydroxyl groups excluding tert-OH is 1. The molecule has 4 rings (SSSR count). The molecule has 69 valence electrons. The Morgan fingerprint density at radius 1 is 1.00 bits per heavy atom. The van der Waals surface area contributed by atoms with Crippen molar-refractivity contribution in [2.75, 3.05) is 0 Å². The fourth-order valence-electron chi connectivity index (χ4n) is 3.95. The third kappa shape index (κ3) is 1.51. The topological polar surface area (TPSA) is 40.5 Å². The maximum Gasteiger partial charge on any atom is 0.0657 e. The number of hydrogen-bond acceptors (Lipinski definition) is 2. The molecule has 4 aliphatic carbocycles.